The van der Waals surface area contributed by atoms with E-state index in [1.165, 1.54) is 7.11 Å². The number of rotatable bonds is 5. The number of phenolic OH excluding ortho intramolecular Hbond substituents is 1. The molecule has 1 aromatic carbocycles. The molecule has 0 unspecified atom stereocenters. The summed E-state index contributed by atoms with van der Waals surface area (Å²) in [4.78, 5) is 2.04. The molecule has 0 aromatic heterocycles. The lowest BCUT2D eigenvalue weighted by Crippen LogP contribution is -2.45. The highest BCUT2D eigenvalue weighted by molar-refractivity contribution is 9.10. The van der Waals surface area contributed by atoms with Crippen LogP contribution in [0.15, 0.2) is 16.6 Å². The number of hydrogen-bond acceptors (Lipinski definition) is 4. The van der Waals surface area contributed by atoms with E-state index in [1.54, 1.807) is 12.1 Å². The SMILES string of the molecule is COc1cc([C@@H](CC(F)F)N2CCNCC2)cc(Br)c1O. The van der Waals surface area contributed by atoms with Gasteiger partial charge < -0.3 is 15.2 Å². The molecule has 1 aliphatic rings. The van der Waals surface area contributed by atoms with Gasteiger partial charge in [-0.15, -0.1) is 0 Å². The zero-order valence-corrected chi connectivity index (χ0v) is 13.4. The maximum absolute atomic E-state index is 13.0. The molecule has 21 heavy (non-hydrogen) atoms. The summed E-state index contributed by atoms with van der Waals surface area (Å²) in [6, 6.07) is 2.93. The third-order valence-electron chi connectivity index (χ3n) is 3.65. The molecule has 1 atom stereocenters. The molecule has 2 N–H and O–H groups in total. The smallest absolute Gasteiger partial charge is 0.240 e. The number of phenols is 1. The molecule has 4 nitrogen and oxygen atoms in total. The molecule has 1 saturated heterocycles. The molecule has 0 radical (unpaired) electrons. The van der Waals surface area contributed by atoms with Gasteiger partial charge in [0.05, 0.1) is 11.6 Å². The predicted octanol–water partition coefficient (Wildman–Crippen LogP) is 2.76. The van der Waals surface area contributed by atoms with Crippen molar-refractivity contribution >= 4 is 15.9 Å². The van der Waals surface area contributed by atoms with Crippen LogP contribution < -0.4 is 10.1 Å². The van der Waals surface area contributed by atoms with E-state index in [1.807, 2.05) is 4.90 Å². The zero-order chi connectivity index (χ0) is 15.4. The third kappa shape index (κ3) is 4.05. The molecular formula is C14H19BrF2N2O2. The largest absolute Gasteiger partial charge is 0.503 e. The third-order valence-corrected chi connectivity index (χ3v) is 4.25. The van der Waals surface area contributed by atoms with Gasteiger partial charge in [-0.1, -0.05) is 0 Å². The number of piperazine rings is 1. The molecular weight excluding hydrogens is 346 g/mol. The molecule has 2 rings (SSSR count). The summed E-state index contributed by atoms with van der Waals surface area (Å²) in [5.41, 5.74) is 0.721. The van der Waals surface area contributed by atoms with Gasteiger partial charge in [-0.25, -0.2) is 8.78 Å². The van der Waals surface area contributed by atoms with Crippen molar-refractivity contribution < 1.29 is 18.6 Å². The average molecular weight is 365 g/mol. The topological polar surface area (TPSA) is 44.7 Å². The van der Waals surface area contributed by atoms with Gasteiger partial charge in [-0.2, -0.15) is 0 Å². The lowest BCUT2D eigenvalue weighted by molar-refractivity contribution is 0.0738. The number of benzene rings is 1. The maximum Gasteiger partial charge on any atom is 0.240 e. The Morgan fingerprint density at radius 1 is 1.38 bits per heavy atom. The first kappa shape index (κ1) is 16.5. The van der Waals surface area contributed by atoms with Gasteiger partial charge >= 0.3 is 0 Å². The first-order valence-corrected chi connectivity index (χ1v) is 7.61. The van der Waals surface area contributed by atoms with E-state index in [9.17, 15) is 13.9 Å². The number of nitrogens with zero attached hydrogens (tertiary/aromatic N) is 1. The first-order chi connectivity index (χ1) is 10.0. The summed E-state index contributed by atoms with van der Waals surface area (Å²) in [6.07, 6.45) is -2.62. The normalized spacial score (nSPS) is 18.0. The van der Waals surface area contributed by atoms with Crippen molar-refractivity contribution in [3.63, 3.8) is 0 Å². The number of hydrogen-bond donors (Lipinski definition) is 2. The zero-order valence-electron chi connectivity index (χ0n) is 11.8. The van der Waals surface area contributed by atoms with Crippen molar-refractivity contribution in [3.05, 3.63) is 22.2 Å². The Bertz CT molecular complexity index is 482. The molecule has 118 valence electrons. The van der Waals surface area contributed by atoms with Crippen molar-refractivity contribution in [3.8, 4) is 11.5 Å². The van der Waals surface area contributed by atoms with Crippen LogP contribution in [-0.4, -0.2) is 49.7 Å². The van der Waals surface area contributed by atoms with Crippen LogP contribution in [0.3, 0.4) is 0 Å². The van der Waals surface area contributed by atoms with Crippen molar-refractivity contribution in [2.24, 2.45) is 0 Å². The summed E-state index contributed by atoms with van der Waals surface area (Å²) in [7, 11) is 1.44. The Hall–Kier alpha value is -0.920. The number of halogens is 3. The Labute approximate surface area is 131 Å². The van der Waals surface area contributed by atoms with Crippen LogP contribution in [0.1, 0.15) is 18.0 Å². The highest BCUT2D eigenvalue weighted by atomic mass is 79.9. The Morgan fingerprint density at radius 2 is 2.05 bits per heavy atom. The molecule has 0 spiro atoms. The molecule has 0 aliphatic carbocycles. The van der Waals surface area contributed by atoms with Gasteiger partial charge in [-0.3, -0.25) is 4.90 Å². The fourth-order valence-corrected chi connectivity index (χ4v) is 3.06. The number of aromatic hydroxyl groups is 1. The summed E-state index contributed by atoms with van der Waals surface area (Å²) < 4.78 is 31.5. The van der Waals surface area contributed by atoms with E-state index in [0.29, 0.717) is 4.47 Å². The quantitative estimate of drug-likeness (QED) is 0.843. The van der Waals surface area contributed by atoms with Crippen molar-refractivity contribution in [1.82, 2.24) is 10.2 Å². The Balaban J connectivity index is 2.33. The number of alkyl halides is 2. The number of nitrogens with one attached hydrogen (secondary N) is 1. The lowest BCUT2D eigenvalue weighted by atomic mass is 10.0. The molecule has 0 amide bonds. The van der Waals surface area contributed by atoms with Gasteiger partial charge in [0.25, 0.3) is 0 Å². The van der Waals surface area contributed by atoms with E-state index < -0.39 is 12.5 Å². The fourth-order valence-electron chi connectivity index (χ4n) is 2.60. The summed E-state index contributed by atoms with van der Waals surface area (Å²) in [6.45, 7) is 3.02. The average Bonchev–Trinajstić information content (AvgIpc) is 2.48. The van der Waals surface area contributed by atoms with Crippen LogP contribution in [0.5, 0.6) is 11.5 Å². The molecule has 1 aromatic rings. The van der Waals surface area contributed by atoms with Crippen LogP contribution in [0, 0.1) is 0 Å². The Kier molecular flexibility index (Phi) is 5.78. The van der Waals surface area contributed by atoms with Gasteiger partial charge in [0.15, 0.2) is 11.5 Å². The van der Waals surface area contributed by atoms with Gasteiger partial charge in [0, 0.05) is 38.6 Å². The van der Waals surface area contributed by atoms with Crippen LogP contribution in [0.4, 0.5) is 8.78 Å². The van der Waals surface area contributed by atoms with Crippen molar-refractivity contribution in [2.75, 3.05) is 33.3 Å². The van der Waals surface area contributed by atoms with E-state index >= 15 is 0 Å². The second kappa shape index (κ2) is 7.38. The summed E-state index contributed by atoms with van der Waals surface area (Å²) in [5, 5.41) is 13.1. The van der Waals surface area contributed by atoms with E-state index in [2.05, 4.69) is 21.2 Å². The van der Waals surface area contributed by atoms with Crippen LogP contribution >= 0.6 is 15.9 Å². The van der Waals surface area contributed by atoms with Gasteiger partial charge in [0.1, 0.15) is 0 Å². The van der Waals surface area contributed by atoms with E-state index in [-0.39, 0.29) is 17.9 Å². The minimum atomic E-state index is -2.39. The molecule has 7 heteroatoms. The molecule has 0 saturated carbocycles. The fraction of sp³-hybridized carbons (Fsp3) is 0.571. The Morgan fingerprint density at radius 3 is 2.62 bits per heavy atom. The first-order valence-electron chi connectivity index (χ1n) is 6.82. The molecule has 1 aliphatic heterocycles. The molecule has 1 heterocycles. The lowest BCUT2D eigenvalue weighted by Gasteiger charge is -2.35. The maximum atomic E-state index is 13.0. The van der Waals surface area contributed by atoms with Crippen LogP contribution in [-0.2, 0) is 0 Å². The van der Waals surface area contributed by atoms with Crippen molar-refractivity contribution in [2.45, 2.75) is 18.9 Å². The van der Waals surface area contributed by atoms with Crippen molar-refractivity contribution in [1.29, 1.82) is 0 Å². The highest BCUT2D eigenvalue weighted by Gasteiger charge is 2.27. The minimum absolute atomic E-state index is 0.0163. The molecule has 0 bridgehead atoms. The van der Waals surface area contributed by atoms with E-state index in [0.717, 1.165) is 31.7 Å². The monoisotopic (exact) mass is 364 g/mol. The number of ether oxygens (including phenoxy) is 1. The minimum Gasteiger partial charge on any atom is -0.503 e. The predicted molar refractivity (Wildman–Crippen MR) is 80.2 cm³/mol. The van der Waals surface area contributed by atoms with Gasteiger partial charge in [-0.05, 0) is 33.6 Å². The summed E-state index contributed by atoms with van der Waals surface area (Å²) >= 11 is 3.25. The second-order valence-corrected chi connectivity index (χ2v) is 5.84. The van der Waals surface area contributed by atoms with Crippen LogP contribution in [0.25, 0.3) is 0 Å². The van der Waals surface area contributed by atoms with E-state index in [4.69, 9.17) is 4.74 Å². The second-order valence-electron chi connectivity index (χ2n) is 4.98. The van der Waals surface area contributed by atoms with Gasteiger partial charge in [0.2, 0.25) is 6.43 Å². The van der Waals surface area contributed by atoms with Crippen LogP contribution in [0.2, 0.25) is 0 Å². The number of methoxy groups -OCH3 is 1. The highest BCUT2D eigenvalue weighted by Crippen LogP contribution is 2.39. The standard InChI is InChI=1S/C14H19BrF2N2O2/c1-21-12-7-9(6-10(15)14(12)20)11(8-13(16)17)19-4-2-18-3-5-19/h6-7,11,13,18,20H,2-5,8H2,1H3/t11-/m1/s1. The molecule has 1 fully saturated rings. The summed E-state index contributed by atoms with van der Waals surface area (Å²) in [5.74, 6) is 0.270.